The molecule has 21 heavy (non-hydrogen) atoms. The molecule has 6 nitrogen and oxygen atoms in total. The number of anilines is 2. The summed E-state index contributed by atoms with van der Waals surface area (Å²) in [7, 11) is 1.69. The maximum absolute atomic E-state index is 11.7. The van der Waals surface area contributed by atoms with E-state index in [1.54, 1.807) is 32.2 Å². The molecular weight excluding hydrogens is 294 g/mol. The summed E-state index contributed by atoms with van der Waals surface area (Å²) in [4.78, 5) is 23.4. The molecule has 0 atom stereocenters. The van der Waals surface area contributed by atoms with Crippen molar-refractivity contribution < 1.29 is 14.3 Å². The maximum atomic E-state index is 11.7. The lowest BCUT2D eigenvalue weighted by Gasteiger charge is -2.13. The minimum absolute atomic E-state index is 0. The Hall–Kier alpha value is -1.79. The van der Waals surface area contributed by atoms with Crippen LogP contribution in [0.4, 0.5) is 11.4 Å². The lowest BCUT2D eigenvalue weighted by Crippen LogP contribution is -2.25. The van der Waals surface area contributed by atoms with Crippen LogP contribution in [0.15, 0.2) is 18.2 Å². The van der Waals surface area contributed by atoms with E-state index in [1.165, 1.54) is 0 Å². The molecule has 0 unspecified atom stereocenters. The van der Waals surface area contributed by atoms with Gasteiger partial charge in [-0.15, -0.1) is 12.4 Å². The number of benzene rings is 1. The highest BCUT2D eigenvalue weighted by molar-refractivity contribution is 5.98. The Kier molecular flexibility index (Phi) is 9.16. The van der Waals surface area contributed by atoms with Gasteiger partial charge >= 0.3 is 5.97 Å². The lowest BCUT2D eigenvalue weighted by atomic mass is 10.1. The van der Waals surface area contributed by atoms with Gasteiger partial charge in [-0.1, -0.05) is 0 Å². The minimum atomic E-state index is -0.403. The first-order chi connectivity index (χ1) is 9.62. The Morgan fingerprint density at radius 2 is 1.90 bits per heavy atom. The van der Waals surface area contributed by atoms with Gasteiger partial charge in [0.1, 0.15) is 0 Å². The number of carbonyl (C=O) groups excluding carboxylic acids is 2. The highest BCUT2D eigenvalue weighted by Gasteiger charge is 2.12. The Labute approximate surface area is 131 Å². The van der Waals surface area contributed by atoms with Crippen LogP contribution in [0.2, 0.25) is 0 Å². The van der Waals surface area contributed by atoms with E-state index in [1.807, 2.05) is 6.92 Å². The van der Waals surface area contributed by atoms with E-state index in [-0.39, 0.29) is 24.9 Å². The van der Waals surface area contributed by atoms with Crippen LogP contribution in [-0.2, 0) is 9.53 Å². The second-order valence-corrected chi connectivity index (χ2v) is 4.09. The number of ether oxygens (including phenoxy) is 1. The summed E-state index contributed by atoms with van der Waals surface area (Å²) in [6, 6.07) is 5.04. The third kappa shape index (κ3) is 6.01. The third-order valence-corrected chi connectivity index (χ3v) is 2.51. The molecule has 3 N–H and O–H groups in total. The maximum Gasteiger partial charge on any atom is 0.338 e. The largest absolute Gasteiger partial charge is 0.462 e. The molecule has 0 aliphatic heterocycles. The Bertz CT molecular complexity index is 481. The fourth-order valence-corrected chi connectivity index (χ4v) is 1.69. The van der Waals surface area contributed by atoms with Gasteiger partial charge in [-0.2, -0.15) is 0 Å². The molecule has 1 aromatic carbocycles. The van der Waals surface area contributed by atoms with E-state index in [0.29, 0.717) is 24.4 Å². The molecule has 0 spiro atoms. The first-order valence-electron chi connectivity index (χ1n) is 6.61. The van der Waals surface area contributed by atoms with Crippen LogP contribution in [-0.4, -0.2) is 38.6 Å². The van der Waals surface area contributed by atoms with E-state index in [0.717, 1.165) is 5.69 Å². The number of carbonyl (C=O) groups is 2. The second kappa shape index (κ2) is 10.0. The molecule has 7 heteroatoms. The predicted octanol–water partition coefficient (Wildman–Crippen LogP) is 1.87. The Morgan fingerprint density at radius 3 is 2.48 bits per heavy atom. The molecule has 0 aromatic heterocycles. The smallest absolute Gasteiger partial charge is 0.338 e. The zero-order valence-electron chi connectivity index (χ0n) is 12.5. The van der Waals surface area contributed by atoms with Crippen molar-refractivity contribution in [3.8, 4) is 0 Å². The van der Waals surface area contributed by atoms with Gasteiger partial charge < -0.3 is 20.7 Å². The molecule has 0 saturated heterocycles. The van der Waals surface area contributed by atoms with Gasteiger partial charge in [-0.05, 0) is 39.1 Å². The van der Waals surface area contributed by atoms with Crippen LogP contribution in [0, 0.1) is 0 Å². The molecule has 1 aromatic rings. The van der Waals surface area contributed by atoms with Crippen molar-refractivity contribution in [1.82, 2.24) is 5.32 Å². The topological polar surface area (TPSA) is 79.5 Å². The van der Waals surface area contributed by atoms with E-state index < -0.39 is 5.97 Å². The van der Waals surface area contributed by atoms with Crippen LogP contribution in [0.3, 0.4) is 0 Å². The molecule has 118 valence electrons. The fraction of sp³-hybridized carbons (Fsp3) is 0.429. The molecule has 1 rings (SSSR count). The summed E-state index contributed by atoms with van der Waals surface area (Å²) in [5, 5.41) is 8.67. The van der Waals surface area contributed by atoms with Crippen molar-refractivity contribution in [3.05, 3.63) is 23.8 Å². The van der Waals surface area contributed by atoms with Crippen LogP contribution in [0.25, 0.3) is 0 Å². The number of halogens is 1. The number of nitrogens with one attached hydrogen (secondary N) is 3. The van der Waals surface area contributed by atoms with Gasteiger partial charge in [0, 0.05) is 6.54 Å². The van der Waals surface area contributed by atoms with E-state index >= 15 is 0 Å². The Morgan fingerprint density at radius 1 is 1.19 bits per heavy atom. The highest BCUT2D eigenvalue weighted by atomic mass is 35.5. The number of amides is 1. The molecular formula is C14H22ClN3O3. The summed E-state index contributed by atoms with van der Waals surface area (Å²) in [5.41, 5.74) is 1.75. The highest BCUT2D eigenvalue weighted by Crippen LogP contribution is 2.23. The monoisotopic (exact) mass is 315 g/mol. The van der Waals surface area contributed by atoms with Gasteiger partial charge in [-0.3, -0.25) is 4.79 Å². The van der Waals surface area contributed by atoms with Gasteiger partial charge in [0.25, 0.3) is 0 Å². The molecule has 1 amide bonds. The average molecular weight is 316 g/mol. The van der Waals surface area contributed by atoms with Crippen molar-refractivity contribution in [2.75, 3.05) is 37.4 Å². The fourth-order valence-electron chi connectivity index (χ4n) is 1.69. The summed E-state index contributed by atoms with van der Waals surface area (Å²) >= 11 is 0. The first-order valence-corrected chi connectivity index (χ1v) is 6.61. The number of likely N-dealkylation sites (N-methyl/N-ethyl adjacent to an activating group) is 1. The van der Waals surface area contributed by atoms with E-state index in [4.69, 9.17) is 4.74 Å². The van der Waals surface area contributed by atoms with Crippen LogP contribution in [0.1, 0.15) is 24.2 Å². The predicted molar refractivity (Wildman–Crippen MR) is 86.4 cm³/mol. The molecule has 0 radical (unpaired) electrons. The summed E-state index contributed by atoms with van der Waals surface area (Å²) in [6.07, 6.45) is 0. The molecule has 0 saturated carbocycles. The molecule has 0 heterocycles. The van der Waals surface area contributed by atoms with Gasteiger partial charge in [-0.25, -0.2) is 4.79 Å². The van der Waals surface area contributed by atoms with Gasteiger partial charge in [0.2, 0.25) is 5.91 Å². The van der Waals surface area contributed by atoms with Crippen molar-refractivity contribution in [3.63, 3.8) is 0 Å². The molecule has 0 fully saturated rings. The first kappa shape index (κ1) is 19.2. The quantitative estimate of drug-likeness (QED) is 0.669. The van der Waals surface area contributed by atoms with Gasteiger partial charge in [0.15, 0.2) is 0 Å². The SMILES string of the molecule is CCNc1ccc(C(=O)OCC)cc1NC(=O)CNC.Cl. The second-order valence-electron chi connectivity index (χ2n) is 4.09. The van der Waals surface area contributed by atoms with Crippen molar-refractivity contribution in [2.45, 2.75) is 13.8 Å². The zero-order chi connectivity index (χ0) is 15.0. The summed E-state index contributed by atoms with van der Waals surface area (Å²) in [5.74, 6) is -0.577. The van der Waals surface area contributed by atoms with E-state index in [9.17, 15) is 9.59 Å². The number of hydrogen-bond acceptors (Lipinski definition) is 5. The number of hydrogen-bond donors (Lipinski definition) is 3. The molecule has 0 bridgehead atoms. The van der Waals surface area contributed by atoms with Crippen molar-refractivity contribution in [1.29, 1.82) is 0 Å². The van der Waals surface area contributed by atoms with Gasteiger partial charge in [0.05, 0.1) is 30.1 Å². The zero-order valence-corrected chi connectivity index (χ0v) is 13.3. The summed E-state index contributed by atoms with van der Waals surface area (Å²) in [6.45, 7) is 4.94. The van der Waals surface area contributed by atoms with Crippen LogP contribution >= 0.6 is 12.4 Å². The standard InChI is InChI=1S/C14H21N3O3.ClH/c1-4-16-11-7-6-10(14(19)20-5-2)8-12(11)17-13(18)9-15-3;/h6-8,15-16H,4-5,9H2,1-3H3,(H,17,18);1H. The molecule has 0 aliphatic rings. The lowest BCUT2D eigenvalue weighted by molar-refractivity contribution is -0.115. The number of rotatable bonds is 7. The Balaban J connectivity index is 0.00000400. The van der Waals surface area contributed by atoms with Crippen molar-refractivity contribution in [2.24, 2.45) is 0 Å². The minimum Gasteiger partial charge on any atom is -0.462 e. The summed E-state index contributed by atoms with van der Waals surface area (Å²) < 4.78 is 4.95. The van der Waals surface area contributed by atoms with E-state index in [2.05, 4.69) is 16.0 Å². The normalized spacial score (nSPS) is 9.48. The van der Waals surface area contributed by atoms with Crippen LogP contribution in [0.5, 0.6) is 0 Å². The molecule has 0 aliphatic carbocycles. The number of esters is 1. The van der Waals surface area contributed by atoms with Crippen LogP contribution < -0.4 is 16.0 Å². The average Bonchev–Trinajstić information content (AvgIpc) is 2.41. The third-order valence-electron chi connectivity index (χ3n) is 2.51. The van der Waals surface area contributed by atoms with Crippen molar-refractivity contribution >= 4 is 35.7 Å².